The molecular formula is C16H16N2O6S. The van der Waals surface area contributed by atoms with Crippen LogP contribution in [0.15, 0.2) is 35.5 Å². The first-order valence-electron chi connectivity index (χ1n) is 7.43. The van der Waals surface area contributed by atoms with Crippen LogP contribution in [0.1, 0.15) is 18.1 Å². The van der Waals surface area contributed by atoms with Crippen LogP contribution in [0, 0.1) is 6.92 Å². The zero-order chi connectivity index (χ0) is 18.6. The first-order valence-corrected chi connectivity index (χ1v) is 9.15. The smallest absolute Gasteiger partial charge is 0.352 e. The van der Waals surface area contributed by atoms with E-state index in [0.29, 0.717) is 5.56 Å². The van der Waals surface area contributed by atoms with E-state index in [2.05, 4.69) is 5.32 Å². The van der Waals surface area contributed by atoms with Crippen LogP contribution in [0.3, 0.4) is 0 Å². The summed E-state index contributed by atoms with van der Waals surface area (Å²) in [7, 11) is -3.90. The number of aliphatic carboxylic acids is 1. The number of carboxylic acids is 1. The Hall–Kier alpha value is -2.68. The van der Waals surface area contributed by atoms with Crippen molar-refractivity contribution in [2.45, 2.75) is 24.8 Å². The number of benzene rings is 1. The van der Waals surface area contributed by atoms with E-state index in [0.717, 1.165) is 10.5 Å². The number of hydrogen-bond donors (Lipinski definition) is 2. The van der Waals surface area contributed by atoms with E-state index in [1.807, 2.05) is 6.92 Å². The average molecular weight is 364 g/mol. The molecule has 0 aliphatic carbocycles. The number of amides is 2. The maximum absolute atomic E-state index is 12.9. The Morgan fingerprint density at radius 1 is 1.32 bits per heavy atom. The van der Waals surface area contributed by atoms with Gasteiger partial charge in [-0.1, -0.05) is 29.8 Å². The fourth-order valence-electron chi connectivity index (χ4n) is 3.51. The van der Waals surface area contributed by atoms with E-state index in [1.54, 1.807) is 24.3 Å². The van der Waals surface area contributed by atoms with Gasteiger partial charge in [0.25, 0.3) is 5.91 Å². The van der Waals surface area contributed by atoms with Gasteiger partial charge in [0, 0.05) is 0 Å². The molecule has 2 aliphatic heterocycles. The lowest BCUT2D eigenvalue weighted by Crippen LogP contribution is -2.80. The highest BCUT2D eigenvalue weighted by Crippen LogP contribution is 2.48. The fraction of sp³-hybridized carbons (Fsp3) is 0.312. The standard InChI is InChI=1S/C16H16N2O6S/c1-9-3-5-11(6-4-9)16(17-8-19)14(22)18-12(13(20)21)10(2)7-25(23,24)15(16)18/h3-6,8,15H,7H2,1-2H3,(H,17,19)(H,20,21)/t15-,16?/m0/s1. The van der Waals surface area contributed by atoms with Crippen molar-refractivity contribution in [1.82, 2.24) is 10.2 Å². The molecule has 0 bridgehead atoms. The van der Waals surface area contributed by atoms with E-state index in [9.17, 15) is 27.9 Å². The summed E-state index contributed by atoms with van der Waals surface area (Å²) < 4.78 is 25.4. The minimum atomic E-state index is -3.90. The van der Waals surface area contributed by atoms with Crippen LogP contribution in [-0.4, -0.2) is 47.8 Å². The van der Waals surface area contributed by atoms with Crippen LogP contribution in [0.2, 0.25) is 0 Å². The summed E-state index contributed by atoms with van der Waals surface area (Å²) in [5, 5.41) is 10.2. The molecule has 0 spiro atoms. The number of carboxylic acid groups (broad SMARTS) is 1. The third kappa shape index (κ3) is 2.19. The number of fused-ring (bicyclic) bond motifs is 1. The minimum Gasteiger partial charge on any atom is -0.477 e. The molecule has 3 rings (SSSR count). The Balaban J connectivity index is 2.24. The van der Waals surface area contributed by atoms with Crippen molar-refractivity contribution >= 4 is 28.1 Å². The number of nitrogens with zero attached hydrogens (tertiary/aromatic N) is 1. The van der Waals surface area contributed by atoms with E-state index in [1.165, 1.54) is 6.92 Å². The van der Waals surface area contributed by atoms with Crippen LogP contribution in [0.4, 0.5) is 0 Å². The van der Waals surface area contributed by atoms with Crippen molar-refractivity contribution in [2.75, 3.05) is 5.75 Å². The zero-order valence-corrected chi connectivity index (χ0v) is 14.3. The summed E-state index contributed by atoms with van der Waals surface area (Å²) in [4.78, 5) is 36.3. The molecule has 1 saturated heterocycles. The first kappa shape index (κ1) is 17.2. The summed E-state index contributed by atoms with van der Waals surface area (Å²) in [5.74, 6) is -2.65. The Morgan fingerprint density at radius 2 is 1.92 bits per heavy atom. The van der Waals surface area contributed by atoms with Crippen molar-refractivity contribution < 1.29 is 27.9 Å². The summed E-state index contributed by atoms with van der Waals surface area (Å²) >= 11 is 0. The molecule has 0 aromatic heterocycles. The largest absolute Gasteiger partial charge is 0.477 e. The van der Waals surface area contributed by atoms with Gasteiger partial charge in [-0.05, 0) is 25.0 Å². The number of aryl methyl sites for hydroxylation is 1. The zero-order valence-electron chi connectivity index (χ0n) is 13.5. The molecule has 1 fully saturated rings. The predicted octanol–water partition coefficient (Wildman–Crippen LogP) is -0.108. The van der Waals surface area contributed by atoms with Crippen molar-refractivity contribution in [1.29, 1.82) is 0 Å². The van der Waals surface area contributed by atoms with Gasteiger partial charge in [-0.2, -0.15) is 0 Å². The van der Waals surface area contributed by atoms with Crippen LogP contribution < -0.4 is 5.32 Å². The van der Waals surface area contributed by atoms with Crippen molar-refractivity contribution in [3.05, 3.63) is 46.7 Å². The Labute approximate surface area is 144 Å². The number of rotatable bonds is 4. The third-order valence-corrected chi connectivity index (χ3v) is 6.64. The molecule has 9 heteroatoms. The minimum absolute atomic E-state index is 0.0840. The molecule has 132 valence electrons. The number of carbonyl (C=O) groups excluding carboxylic acids is 2. The van der Waals surface area contributed by atoms with Gasteiger partial charge in [0.2, 0.25) is 6.41 Å². The number of nitrogens with one attached hydrogen (secondary N) is 1. The fourth-order valence-corrected chi connectivity index (χ4v) is 5.77. The Kier molecular flexibility index (Phi) is 3.72. The Morgan fingerprint density at radius 3 is 2.44 bits per heavy atom. The maximum Gasteiger partial charge on any atom is 0.352 e. The quantitative estimate of drug-likeness (QED) is 0.568. The summed E-state index contributed by atoms with van der Waals surface area (Å²) in [5.41, 5.74) is -0.900. The number of β-lactam (4-membered cyclic amide) rings is 1. The topological polar surface area (TPSA) is 121 Å². The van der Waals surface area contributed by atoms with Gasteiger partial charge in [0.05, 0.1) is 5.75 Å². The second-order valence-corrected chi connectivity index (χ2v) is 8.27. The number of hydrogen-bond acceptors (Lipinski definition) is 5. The van der Waals surface area contributed by atoms with Gasteiger partial charge in [-0.25, -0.2) is 13.2 Å². The lowest BCUT2D eigenvalue weighted by molar-refractivity contribution is -0.159. The SMILES string of the molecule is CC1=C(C(=O)O)N2C(=O)C(NC=O)(c3ccc(C)cc3)[C@@H]2S(=O)(=O)C1. The Bertz CT molecular complexity index is 918. The highest BCUT2D eigenvalue weighted by Gasteiger charge is 2.70. The normalized spacial score (nSPS) is 27.4. The highest BCUT2D eigenvalue weighted by atomic mass is 32.2. The van der Waals surface area contributed by atoms with E-state index < -0.39 is 38.4 Å². The molecule has 1 unspecified atom stereocenters. The van der Waals surface area contributed by atoms with Gasteiger partial charge in [0.1, 0.15) is 5.70 Å². The van der Waals surface area contributed by atoms with Gasteiger partial charge in [-0.3, -0.25) is 14.5 Å². The average Bonchev–Trinajstić information content (AvgIpc) is 2.51. The van der Waals surface area contributed by atoms with Gasteiger partial charge < -0.3 is 10.4 Å². The third-order valence-electron chi connectivity index (χ3n) is 4.56. The molecule has 8 nitrogen and oxygen atoms in total. The summed E-state index contributed by atoms with van der Waals surface area (Å²) in [6.45, 7) is 3.19. The predicted molar refractivity (Wildman–Crippen MR) is 86.8 cm³/mol. The van der Waals surface area contributed by atoms with Gasteiger partial charge in [-0.15, -0.1) is 0 Å². The van der Waals surface area contributed by atoms with Gasteiger partial charge in [0.15, 0.2) is 20.8 Å². The molecule has 2 N–H and O–H groups in total. The van der Waals surface area contributed by atoms with E-state index >= 15 is 0 Å². The molecule has 2 aliphatic rings. The molecule has 2 heterocycles. The molecule has 1 aromatic carbocycles. The number of carbonyl (C=O) groups is 3. The van der Waals surface area contributed by atoms with Crippen molar-refractivity contribution in [3.63, 3.8) is 0 Å². The lowest BCUT2D eigenvalue weighted by Gasteiger charge is -2.56. The summed E-state index contributed by atoms with van der Waals surface area (Å²) in [6.07, 6.45) is 0.260. The van der Waals surface area contributed by atoms with E-state index in [-0.39, 0.29) is 17.7 Å². The maximum atomic E-state index is 12.9. The van der Waals surface area contributed by atoms with Crippen LogP contribution in [0.5, 0.6) is 0 Å². The summed E-state index contributed by atoms with van der Waals surface area (Å²) in [6, 6.07) is 6.49. The van der Waals surface area contributed by atoms with Crippen molar-refractivity contribution in [2.24, 2.45) is 0 Å². The van der Waals surface area contributed by atoms with Crippen LogP contribution in [0.25, 0.3) is 0 Å². The first-order chi connectivity index (χ1) is 11.7. The van der Waals surface area contributed by atoms with Crippen LogP contribution >= 0.6 is 0 Å². The van der Waals surface area contributed by atoms with Gasteiger partial charge >= 0.3 is 5.97 Å². The number of sulfone groups is 1. The molecule has 1 aromatic rings. The molecule has 25 heavy (non-hydrogen) atoms. The molecular weight excluding hydrogens is 348 g/mol. The highest BCUT2D eigenvalue weighted by molar-refractivity contribution is 7.92. The van der Waals surface area contributed by atoms with Crippen molar-refractivity contribution in [3.8, 4) is 0 Å². The molecule has 2 amide bonds. The lowest BCUT2D eigenvalue weighted by atomic mass is 9.79. The second-order valence-electron chi connectivity index (χ2n) is 6.21. The second kappa shape index (κ2) is 5.41. The molecule has 0 radical (unpaired) electrons. The van der Waals surface area contributed by atoms with E-state index in [4.69, 9.17) is 0 Å². The molecule has 2 atom stereocenters. The monoisotopic (exact) mass is 364 g/mol. The molecule has 0 saturated carbocycles. The van der Waals surface area contributed by atoms with Crippen LogP contribution in [-0.2, 0) is 29.8 Å².